The van der Waals surface area contributed by atoms with E-state index in [9.17, 15) is 9.46 Å². The molecule has 5 nitrogen and oxygen atoms in total. The van der Waals surface area contributed by atoms with Crippen LogP contribution in [0.5, 0.6) is 0 Å². The van der Waals surface area contributed by atoms with Gasteiger partial charge in [0, 0.05) is 7.11 Å². The van der Waals surface area contributed by atoms with Crippen LogP contribution in [0.2, 0.25) is 0 Å². The van der Waals surface area contributed by atoms with Gasteiger partial charge < -0.3 is 13.9 Å². The van der Waals surface area contributed by atoms with E-state index >= 15 is 0 Å². The number of nitrogens with zero attached hydrogens (tertiary/aromatic N) is 1. The molecular weight excluding hydrogens is 169 g/mol. The fourth-order valence-electron chi connectivity index (χ4n) is 0.297. The molecule has 0 spiro atoms. The van der Waals surface area contributed by atoms with Crippen molar-refractivity contribution in [2.75, 3.05) is 35.0 Å². The highest BCUT2D eigenvalue weighted by molar-refractivity contribution is 7.45. The van der Waals surface area contributed by atoms with Gasteiger partial charge in [-0.3, -0.25) is 9.09 Å². The van der Waals surface area contributed by atoms with Crippen LogP contribution in [0, 0.1) is 0 Å². The molecule has 11 heavy (non-hydrogen) atoms. The van der Waals surface area contributed by atoms with E-state index in [0.717, 1.165) is 7.11 Å². The lowest BCUT2D eigenvalue weighted by Gasteiger charge is -2.27. The lowest BCUT2D eigenvalue weighted by molar-refractivity contribution is -0.887. The summed E-state index contributed by atoms with van der Waals surface area (Å²) in [4.78, 5) is 10.6. The summed E-state index contributed by atoms with van der Waals surface area (Å²) in [6.45, 7) is 0.0780. The molecule has 68 valence electrons. The van der Waals surface area contributed by atoms with Gasteiger partial charge in [-0.25, -0.2) is 0 Å². The SMILES string of the molecule is COP(=O)([O-])OC[N+](C)(C)C. The first kappa shape index (κ1) is 11.1. The van der Waals surface area contributed by atoms with E-state index in [4.69, 9.17) is 0 Å². The summed E-state index contributed by atoms with van der Waals surface area (Å²) in [5.74, 6) is 0. The van der Waals surface area contributed by atoms with Crippen LogP contribution in [-0.2, 0) is 13.6 Å². The second-order valence-corrected chi connectivity index (χ2v) is 4.70. The molecule has 0 aromatic carbocycles. The molecule has 0 N–H and O–H groups in total. The molecular formula is C5H14NO4P. The Morgan fingerprint density at radius 1 is 1.45 bits per heavy atom. The lowest BCUT2D eigenvalue weighted by atomic mass is 10.7. The minimum Gasteiger partial charge on any atom is -0.756 e. The van der Waals surface area contributed by atoms with Crippen LogP contribution in [0.4, 0.5) is 0 Å². The topological polar surface area (TPSA) is 58.6 Å². The van der Waals surface area contributed by atoms with E-state index in [0.29, 0.717) is 4.48 Å². The maximum Gasteiger partial charge on any atom is 0.272 e. The van der Waals surface area contributed by atoms with Gasteiger partial charge in [0.15, 0.2) is 6.73 Å². The van der Waals surface area contributed by atoms with Crippen LogP contribution in [0.1, 0.15) is 0 Å². The van der Waals surface area contributed by atoms with E-state index in [1.165, 1.54) is 0 Å². The molecule has 0 aliphatic heterocycles. The molecule has 1 atom stereocenters. The van der Waals surface area contributed by atoms with Crippen molar-refractivity contribution in [1.82, 2.24) is 0 Å². The second-order valence-electron chi connectivity index (χ2n) is 3.18. The monoisotopic (exact) mass is 183 g/mol. The standard InChI is InChI=1S/C5H14NO4P/c1-6(2,3)5-10-11(7,8)9-4/h5H2,1-4H3. The van der Waals surface area contributed by atoms with Crippen molar-refractivity contribution in [1.29, 1.82) is 0 Å². The minimum absolute atomic E-state index is 0.0780. The molecule has 1 unspecified atom stereocenters. The molecule has 0 aliphatic rings. The molecule has 0 bridgehead atoms. The van der Waals surface area contributed by atoms with Crippen molar-refractivity contribution in [3.8, 4) is 0 Å². The summed E-state index contributed by atoms with van der Waals surface area (Å²) in [6, 6.07) is 0. The molecule has 0 aliphatic carbocycles. The zero-order valence-corrected chi connectivity index (χ0v) is 8.13. The smallest absolute Gasteiger partial charge is 0.272 e. The number of quaternary nitrogens is 1. The molecule has 0 radical (unpaired) electrons. The highest BCUT2D eigenvalue weighted by atomic mass is 31.2. The Balaban J connectivity index is 3.80. The molecule has 0 saturated heterocycles. The third kappa shape index (κ3) is 6.47. The summed E-state index contributed by atoms with van der Waals surface area (Å²) >= 11 is 0. The zero-order chi connectivity index (χ0) is 9.12. The van der Waals surface area contributed by atoms with Gasteiger partial charge in [0.05, 0.1) is 21.1 Å². The maximum absolute atomic E-state index is 10.6. The number of hydrogen-bond donors (Lipinski definition) is 0. The quantitative estimate of drug-likeness (QED) is 0.343. The van der Waals surface area contributed by atoms with Crippen molar-refractivity contribution in [3.05, 3.63) is 0 Å². The third-order valence-electron chi connectivity index (χ3n) is 0.827. The first-order valence-electron chi connectivity index (χ1n) is 3.09. The van der Waals surface area contributed by atoms with Crippen molar-refractivity contribution < 1.29 is 23.0 Å². The fraction of sp³-hybridized carbons (Fsp3) is 1.00. The van der Waals surface area contributed by atoms with Gasteiger partial charge >= 0.3 is 0 Å². The van der Waals surface area contributed by atoms with Crippen LogP contribution in [0.25, 0.3) is 0 Å². The molecule has 0 heterocycles. The average molecular weight is 183 g/mol. The van der Waals surface area contributed by atoms with E-state index < -0.39 is 7.82 Å². The number of phosphoric acid groups is 1. The first-order valence-corrected chi connectivity index (χ1v) is 4.55. The minimum atomic E-state index is -4.04. The highest BCUT2D eigenvalue weighted by Gasteiger charge is 2.13. The van der Waals surface area contributed by atoms with Crippen molar-refractivity contribution >= 4 is 7.82 Å². The summed E-state index contributed by atoms with van der Waals surface area (Å²) in [7, 11) is 2.48. The van der Waals surface area contributed by atoms with E-state index in [2.05, 4.69) is 9.05 Å². The van der Waals surface area contributed by atoms with E-state index in [-0.39, 0.29) is 6.73 Å². The van der Waals surface area contributed by atoms with Gasteiger partial charge in [0.1, 0.15) is 0 Å². The molecule has 6 heteroatoms. The normalized spacial score (nSPS) is 17.9. The molecule has 0 rings (SSSR count). The van der Waals surface area contributed by atoms with E-state index in [1.54, 1.807) is 0 Å². The number of hydrogen-bond acceptors (Lipinski definition) is 4. The maximum atomic E-state index is 10.6. The van der Waals surface area contributed by atoms with Gasteiger partial charge in [-0.2, -0.15) is 0 Å². The molecule has 0 saturated carbocycles. The highest BCUT2D eigenvalue weighted by Crippen LogP contribution is 2.36. The number of phosphoric ester groups is 1. The van der Waals surface area contributed by atoms with Crippen molar-refractivity contribution in [2.24, 2.45) is 0 Å². The Kier molecular flexibility index (Phi) is 3.67. The van der Waals surface area contributed by atoms with Gasteiger partial charge in [-0.05, 0) is 0 Å². The van der Waals surface area contributed by atoms with Crippen molar-refractivity contribution in [3.63, 3.8) is 0 Å². The lowest BCUT2D eigenvalue weighted by Crippen LogP contribution is -2.36. The third-order valence-corrected chi connectivity index (χ3v) is 1.71. The largest absolute Gasteiger partial charge is 0.756 e. The fourth-order valence-corrected chi connectivity index (χ4v) is 0.890. The van der Waals surface area contributed by atoms with Crippen molar-refractivity contribution in [2.45, 2.75) is 0 Å². The Morgan fingerprint density at radius 2 is 1.91 bits per heavy atom. The summed E-state index contributed by atoms with van der Waals surface area (Å²) in [6.07, 6.45) is 0. The van der Waals surface area contributed by atoms with Crippen LogP contribution in [0.3, 0.4) is 0 Å². The van der Waals surface area contributed by atoms with Crippen LogP contribution in [-0.4, -0.2) is 39.5 Å². The molecule has 0 aromatic heterocycles. The van der Waals surface area contributed by atoms with E-state index in [1.807, 2.05) is 21.1 Å². The summed E-state index contributed by atoms with van der Waals surface area (Å²) < 4.78 is 19.6. The molecule has 0 amide bonds. The molecule has 0 aromatic rings. The number of rotatable bonds is 4. The molecule has 0 fully saturated rings. The predicted molar refractivity (Wildman–Crippen MR) is 38.6 cm³/mol. The Labute approximate surface area is 66.7 Å². The van der Waals surface area contributed by atoms with Crippen LogP contribution < -0.4 is 4.89 Å². The predicted octanol–water partition coefficient (Wildman–Crippen LogP) is -0.219. The Morgan fingerprint density at radius 3 is 2.18 bits per heavy atom. The Bertz CT molecular complexity index is 164. The van der Waals surface area contributed by atoms with Gasteiger partial charge in [0.2, 0.25) is 0 Å². The van der Waals surface area contributed by atoms with Crippen LogP contribution in [0.15, 0.2) is 0 Å². The van der Waals surface area contributed by atoms with Gasteiger partial charge in [0.25, 0.3) is 7.82 Å². The zero-order valence-electron chi connectivity index (χ0n) is 7.23. The summed E-state index contributed by atoms with van der Waals surface area (Å²) in [5.41, 5.74) is 0. The van der Waals surface area contributed by atoms with Gasteiger partial charge in [-0.15, -0.1) is 0 Å². The second kappa shape index (κ2) is 3.65. The van der Waals surface area contributed by atoms with Crippen LogP contribution >= 0.6 is 7.82 Å². The Hall–Kier alpha value is 0.0700. The average Bonchev–Trinajstić information content (AvgIpc) is 1.83. The first-order chi connectivity index (χ1) is 4.77. The van der Waals surface area contributed by atoms with Gasteiger partial charge in [-0.1, -0.05) is 0 Å². The summed E-state index contributed by atoms with van der Waals surface area (Å²) in [5, 5.41) is 0.